The number of pyridine rings is 1. The van der Waals surface area contributed by atoms with E-state index >= 15 is 0 Å². The summed E-state index contributed by atoms with van der Waals surface area (Å²) in [6, 6.07) is 3.59. The molecule has 182 valence electrons. The zero-order valence-electron chi connectivity index (χ0n) is 19.5. The van der Waals surface area contributed by atoms with Crippen LogP contribution in [0.3, 0.4) is 0 Å². The van der Waals surface area contributed by atoms with Crippen LogP contribution in [0.5, 0.6) is 0 Å². The van der Waals surface area contributed by atoms with E-state index in [0.29, 0.717) is 43.4 Å². The van der Waals surface area contributed by atoms with Gasteiger partial charge in [0.25, 0.3) is 12.0 Å². The Morgan fingerprint density at radius 3 is 2.83 bits per heavy atom. The third kappa shape index (κ3) is 5.65. The molecule has 0 saturated carbocycles. The molecule has 1 atom stereocenters. The molecule has 3 aromatic heterocycles. The number of carboxylic acid groups (broad SMARTS) is 1. The standard InChI is InChI=1S/C25H26N4O5S/c1-16(2)20-14-35-22(26-20)7-5-17-9-11-29-21(12-17)27-24(19(25(29)33)6-8-23(31)32)28-10-3-4-18(13-28)34-15-30/h5-9,11-12,14-16,18H,3-4,10,13H2,1-2H3,(H,31,32). The molecule has 4 heterocycles. The minimum Gasteiger partial charge on any atom is -0.478 e. The molecule has 4 rings (SSSR count). The van der Waals surface area contributed by atoms with E-state index in [0.717, 1.165) is 28.8 Å². The SMILES string of the molecule is CC(C)c1csc(C=Cc2ccn3c(=O)c(C=CC(=O)O)c(N4CCCC(OC=O)C4)nc3c2)n1. The fraction of sp³-hybridized carbons (Fsp3) is 0.320. The van der Waals surface area contributed by atoms with Gasteiger partial charge in [0.2, 0.25) is 0 Å². The summed E-state index contributed by atoms with van der Waals surface area (Å²) < 4.78 is 6.54. The maximum absolute atomic E-state index is 13.3. The minimum atomic E-state index is -1.16. The van der Waals surface area contributed by atoms with Crippen LogP contribution in [0.15, 0.2) is 34.6 Å². The highest BCUT2D eigenvalue weighted by Crippen LogP contribution is 2.24. The Bertz CT molecular complexity index is 1360. The third-order valence-electron chi connectivity index (χ3n) is 5.74. The summed E-state index contributed by atoms with van der Waals surface area (Å²) in [5.41, 5.74) is 2.12. The monoisotopic (exact) mass is 494 g/mol. The molecule has 0 spiro atoms. The number of hydrogen-bond acceptors (Lipinski definition) is 8. The summed E-state index contributed by atoms with van der Waals surface area (Å²) in [5, 5.41) is 12.1. The number of hydrogen-bond donors (Lipinski definition) is 1. The number of nitrogens with zero attached hydrogens (tertiary/aromatic N) is 4. The summed E-state index contributed by atoms with van der Waals surface area (Å²) in [7, 11) is 0. The Balaban J connectivity index is 1.74. The van der Waals surface area contributed by atoms with Gasteiger partial charge in [0, 0.05) is 24.2 Å². The summed E-state index contributed by atoms with van der Waals surface area (Å²) in [4.78, 5) is 46.5. The molecule has 1 aliphatic heterocycles. The zero-order chi connectivity index (χ0) is 24.9. The lowest BCUT2D eigenvalue weighted by Gasteiger charge is -2.33. The van der Waals surface area contributed by atoms with E-state index in [-0.39, 0.29) is 17.2 Å². The smallest absolute Gasteiger partial charge is 0.328 e. The highest BCUT2D eigenvalue weighted by atomic mass is 32.1. The molecule has 0 aromatic carbocycles. The summed E-state index contributed by atoms with van der Waals surface area (Å²) in [5.74, 6) is -0.432. The second kappa shape index (κ2) is 10.6. The molecule has 0 radical (unpaired) electrons. The average Bonchev–Trinajstić information content (AvgIpc) is 3.32. The lowest BCUT2D eigenvalue weighted by atomic mass is 10.1. The molecule has 35 heavy (non-hydrogen) atoms. The Kier molecular flexibility index (Phi) is 7.40. The maximum Gasteiger partial charge on any atom is 0.328 e. The molecule has 3 aromatic rings. The Hall–Kier alpha value is -3.79. The topological polar surface area (TPSA) is 114 Å². The first kappa shape index (κ1) is 24.3. The molecule has 1 aliphatic rings. The van der Waals surface area contributed by atoms with Gasteiger partial charge in [-0.15, -0.1) is 11.3 Å². The van der Waals surface area contributed by atoms with Crippen LogP contribution < -0.4 is 10.5 Å². The van der Waals surface area contributed by atoms with E-state index in [9.17, 15) is 14.4 Å². The second-order valence-electron chi connectivity index (χ2n) is 8.56. The molecule has 1 unspecified atom stereocenters. The fourth-order valence-electron chi connectivity index (χ4n) is 3.93. The predicted molar refractivity (Wildman–Crippen MR) is 136 cm³/mol. The lowest BCUT2D eigenvalue weighted by Crippen LogP contribution is -2.41. The van der Waals surface area contributed by atoms with Gasteiger partial charge >= 0.3 is 5.97 Å². The molecule has 0 amide bonds. The summed E-state index contributed by atoms with van der Waals surface area (Å²) in [6.45, 7) is 5.60. The molecule has 0 bridgehead atoms. The second-order valence-corrected chi connectivity index (χ2v) is 9.44. The van der Waals surface area contributed by atoms with Crippen molar-refractivity contribution in [3.63, 3.8) is 0 Å². The summed E-state index contributed by atoms with van der Waals surface area (Å²) in [6.07, 6.45) is 8.81. The number of carbonyl (C=O) groups excluding carboxylic acids is 1. The van der Waals surface area contributed by atoms with Gasteiger partial charge in [-0.1, -0.05) is 19.9 Å². The van der Waals surface area contributed by atoms with Gasteiger partial charge in [-0.3, -0.25) is 14.0 Å². The van der Waals surface area contributed by atoms with Crippen LogP contribution in [-0.4, -0.2) is 51.1 Å². The predicted octanol–water partition coefficient (Wildman–Crippen LogP) is 3.68. The number of fused-ring (bicyclic) bond motifs is 1. The Morgan fingerprint density at radius 2 is 2.11 bits per heavy atom. The quantitative estimate of drug-likeness (QED) is 0.373. The highest BCUT2D eigenvalue weighted by Gasteiger charge is 2.25. The van der Waals surface area contributed by atoms with Gasteiger partial charge in [-0.2, -0.15) is 0 Å². The van der Waals surface area contributed by atoms with Crippen molar-refractivity contribution in [1.82, 2.24) is 14.4 Å². The lowest BCUT2D eigenvalue weighted by molar-refractivity contribution is -0.134. The van der Waals surface area contributed by atoms with E-state index in [4.69, 9.17) is 14.8 Å². The molecular formula is C25H26N4O5S. The number of anilines is 1. The van der Waals surface area contributed by atoms with Crippen molar-refractivity contribution in [3.05, 3.63) is 62.0 Å². The number of ether oxygens (including phenoxy) is 1. The van der Waals surface area contributed by atoms with Gasteiger partial charge in [-0.05, 0) is 48.6 Å². The number of rotatable bonds is 8. The zero-order valence-corrected chi connectivity index (χ0v) is 20.3. The normalized spacial score (nSPS) is 16.5. The number of aromatic nitrogens is 3. The van der Waals surface area contributed by atoms with Gasteiger partial charge in [0.05, 0.1) is 17.8 Å². The largest absolute Gasteiger partial charge is 0.478 e. The van der Waals surface area contributed by atoms with Crippen LogP contribution in [0, 0.1) is 0 Å². The maximum atomic E-state index is 13.3. The van der Waals surface area contributed by atoms with Crippen molar-refractivity contribution >= 4 is 53.5 Å². The highest BCUT2D eigenvalue weighted by molar-refractivity contribution is 7.10. The average molecular weight is 495 g/mol. The van der Waals surface area contributed by atoms with E-state index in [2.05, 4.69) is 18.8 Å². The van der Waals surface area contributed by atoms with Crippen LogP contribution in [-0.2, 0) is 14.3 Å². The van der Waals surface area contributed by atoms with E-state index in [1.165, 1.54) is 10.5 Å². The Labute approximate surface area is 206 Å². The Morgan fingerprint density at radius 1 is 1.29 bits per heavy atom. The molecular weight excluding hydrogens is 468 g/mol. The van der Waals surface area contributed by atoms with Crippen molar-refractivity contribution in [2.75, 3.05) is 18.0 Å². The number of carboxylic acids is 1. The van der Waals surface area contributed by atoms with E-state index in [1.807, 2.05) is 22.4 Å². The van der Waals surface area contributed by atoms with Crippen molar-refractivity contribution in [2.45, 2.75) is 38.7 Å². The molecule has 1 saturated heterocycles. The van der Waals surface area contributed by atoms with Gasteiger partial charge in [0.15, 0.2) is 0 Å². The van der Waals surface area contributed by atoms with Crippen molar-refractivity contribution < 1.29 is 19.4 Å². The first-order valence-electron chi connectivity index (χ1n) is 11.3. The number of carbonyl (C=O) groups is 2. The minimum absolute atomic E-state index is 0.170. The van der Waals surface area contributed by atoms with Crippen LogP contribution >= 0.6 is 11.3 Å². The fourth-order valence-corrected chi connectivity index (χ4v) is 4.80. The van der Waals surface area contributed by atoms with Gasteiger partial charge in [0.1, 0.15) is 22.6 Å². The molecule has 9 nitrogen and oxygen atoms in total. The van der Waals surface area contributed by atoms with Crippen molar-refractivity contribution in [1.29, 1.82) is 0 Å². The van der Waals surface area contributed by atoms with Crippen LogP contribution in [0.2, 0.25) is 0 Å². The first-order chi connectivity index (χ1) is 16.9. The van der Waals surface area contributed by atoms with Crippen LogP contribution in [0.4, 0.5) is 5.82 Å². The number of aliphatic carboxylic acids is 1. The van der Waals surface area contributed by atoms with Gasteiger partial charge in [-0.25, -0.2) is 14.8 Å². The number of thiazole rings is 1. The molecule has 0 aliphatic carbocycles. The summed E-state index contributed by atoms with van der Waals surface area (Å²) >= 11 is 1.57. The number of piperidine rings is 1. The van der Waals surface area contributed by atoms with Gasteiger partial charge < -0.3 is 14.7 Å². The molecule has 1 fully saturated rings. The van der Waals surface area contributed by atoms with Crippen molar-refractivity contribution in [3.8, 4) is 0 Å². The first-order valence-corrected chi connectivity index (χ1v) is 12.2. The molecule has 10 heteroatoms. The van der Waals surface area contributed by atoms with E-state index in [1.54, 1.807) is 29.7 Å². The van der Waals surface area contributed by atoms with E-state index < -0.39 is 5.97 Å². The van der Waals surface area contributed by atoms with Crippen LogP contribution in [0.25, 0.3) is 23.9 Å². The molecule has 1 N–H and O–H groups in total. The van der Waals surface area contributed by atoms with Crippen LogP contribution in [0.1, 0.15) is 54.4 Å². The third-order valence-corrected chi connectivity index (χ3v) is 6.57. The van der Waals surface area contributed by atoms with Crippen molar-refractivity contribution in [2.24, 2.45) is 0 Å².